The van der Waals surface area contributed by atoms with Gasteiger partial charge in [0, 0.05) is 25.4 Å². The molecule has 0 atom stereocenters. The minimum Gasteiger partial charge on any atom is -0.379 e. The lowest BCUT2D eigenvalue weighted by Gasteiger charge is -2.04. The van der Waals surface area contributed by atoms with E-state index in [1.807, 2.05) is 23.9 Å². The molecule has 1 aliphatic heterocycles. The number of para-hydroxylation sites is 1. The summed E-state index contributed by atoms with van der Waals surface area (Å²) in [4.78, 5) is 0. The number of aryl methyl sites for hydroxylation is 1. The van der Waals surface area contributed by atoms with Crippen molar-refractivity contribution < 1.29 is 4.74 Å². The summed E-state index contributed by atoms with van der Waals surface area (Å²) in [5.74, 6) is 1.81. The second-order valence-electron chi connectivity index (χ2n) is 4.94. The van der Waals surface area contributed by atoms with E-state index < -0.39 is 0 Å². The smallest absolute Gasteiger partial charge is 0.185 e. The van der Waals surface area contributed by atoms with Crippen molar-refractivity contribution in [3.05, 3.63) is 30.1 Å². The molecule has 0 bridgehead atoms. The van der Waals surface area contributed by atoms with Gasteiger partial charge in [-0.15, -0.1) is 10.2 Å². The van der Waals surface area contributed by atoms with E-state index in [4.69, 9.17) is 4.74 Å². The number of aromatic nitrogens is 5. The maximum atomic E-state index is 5.50. The van der Waals surface area contributed by atoms with Gasteiger partial charge in [-0.05, 0) is 6.07 Å². The highest BCUT2D eigenvalue weighted by Crippen LogP contribution is 2.27. The highest BCUT2D eigenvalue weighted by atomic mass is 16.5. The van der Waals surface area contributed by atoms with Crippen molar-refractivity contribution in [2.24, 2.45) is 7.05 Å². The topological polar surface area (TPSA) is 57.8 Å². The molecule has 0 spiro atoms. The van der Waals surface area contributed by atoms with Crippen LogP contribution < -0.4 is 0 Å². The lowest BCUT2D eigenvalue weighted by Crippen LogP contribution is -2.06. The number of ether oxygens (including phenoxy) is 1. The van der Waals surface area contributed by atoms with Gasteiger partial charge in [-0.25, -0.2) is 0 Å². The van der Waals surface area contributed by atoms with E-state index in [0.29, 0.717) is 13.2 Å². The van der Waals surface area contributed by atoms with E-state index in [1.165, 1.54) is 0 Å². The fourth-order valence-corrected chi connectivity index (χ4v) is 2.73. The van der Waals surface area contributed by atoms with E-state index >= 15 is 0 Å². The molecule has 0 saturated carbocycles. The number of fused-ring (bicyclic) bond motifs is 2. The molecule has 2 aromatic heterocycles. The molecule has 0 N–H and O–H groups in total. The van der Waals surface area contributed by atoms with Crippen molar-refractivity contribution in [1.82, 2.24) is 24.5 Å². The molecule has 3 aromatic rings. The maximum absolute atomic E-state index is 5.50. The van der Waals surface area contributed by atoms with Crippen LogP contribution in [-0.4, -0.2) is 37.8 Å². The van der Waals surface area contributed by atoms with Crippen molar-refractivity contribution >= 4 is 10.9 Å². The maximum Gasteiger partial charge on any atom is 0.185 e. The molecule has 1 aromatic carbocycles. The van der Waals surface area contributed by atoms with Crippen LogP contribution in [0.1, 0.15) is 5.82 Å². The van der Waals surface area contributed by atoms with Crippen LogP contribution in [0.2, 0.25) is 0 Å². The van der Waals surface area contributed by atoms with Gasteiger partial charge in [0.1, 0.15) is 11.5 Å². The monoisotopic (exact) mass is 269 g/mol. The number of rotatable bonds is 1. The first-order valence-electron chi connectivity index (χ1n) is 6.76. The Hall–Kier alpha value is -2.21. The van der Waals surface area contributed by atoms with E-state index in [9.17, 15) is 0 Å². The van der Waals surface area contributed by atoms with Crippen LogP contribution in [0.5, 0.6) is 0 Å². The van der Waals surface area contributed by atoms with Crippen LogP contribution in [0.15, 0.2) is 24.3 Å². The van der Waals surface area contributed by atoms with Crippen molar-refractivity contribution in [3.8, 4) is 11.5 Å². The molecule has 0 amide bonds. The Bertz CT molecular complexity index is 773. The summed E-state index contributed by atoms with van der Waals surface area (Å²) in [6, 6.07) is 8.18. The minimum absolute atomic E-state index is 0.697. The van der Waals surface area contributed by atoms with E-state index in [2.05, 4.69) is 32.0 Å². The molecule has 102 valence electrons. The Balaban J connectivity index is 1.94. The molecule has 0 aliphatic carbocycles. The van der Waals surface area contributed by atoms with Gasteiger partial charge in [-0.2, -0.15) is 5.10 Å². The molecule has 0 saturated heterocycles. The Morgan fingerprint density at radius 1 is 1.15 bits per heavy atom. The number of hydrogen-bond acceptors (Lipinski definition) is 4. The summed E-state index contributed by atoms with van der Waals surface area (Å²) in [5.41, 5.74) is 1.99. The molecule has 0 radical (unpaired) electrons. The fraction of sp³-hybridized carbons (Fsp3) is 0.357. The fourth-order valence-electron chi connectivity index (χ4n) is 2.73. The molecular weight excluding hydrogens is 254 g/mol. The van der Waals surface area contributed by atoms with Gasteiger partial charge in [0.25, 0.3) is 0 Å². The van der Waals surface area contributed by atoms with E-state index in [-0.39, 0.29) is 0 Å². The second kappa shape index (κ2) is 4.42. The molecule has 0 unspecified atom stereocenters. The first-order chi connectivity index (χ1) is 9.84. The Labute approximate surface area is 116 Å². The summed E-state index contributed by atoms with van der Waals surface area (Å²) in [6.07, 6.45) is 0.803. The van der Waals surface area contributed by atoms with Gasteiger partial charge >= 0.3 is 0 Å². The van der Waals surface area contributed by atoms with Crippen LogP contribution >= 0.6 is 0 Å². The van der Waals surface area contributed by atoms with Crippen molar-refractivity contribution in [2.75, 3.05) is 13.2 Å². The summed E-state index contributed by atoms with van der Waals surface area (Å²) < 4.78 is 9.52. The highest BCUT2D eigenvalue weighted by molar-refractivity contribution is 5.91. The molecule has 3 heterocycles. The molecule has 6 nitrogen and oxygen atoms in total. The first-order valence-corrected chi connectivity index (χ1v) is 6.76. The van der Waals surface area contributed by atoms with Crippen LogP contribution in [-0.2, 0) is 24.8 Å². The van der Waals surface area contributed by atoms with Crippen LogP contribution in [0.4, 0.5) is 0 Å². The third-order valence-corrected chi connectivity index (χ3v) is 3.73. The normalized spacial score (nSPS) is 15.2. The predicted molar refractivity (Wildman–Crippen MR) is 74.3 cm³/mol. The van der Waals surface area contributed by atoms with E-state index in [1.54, 1.807) is 0 Å². The summed E-state index contributed by atoms with van der Waals surface area (Å²) in [5, 5.41) is 14.4. The quantitative estimate of drug-likeness (QED) is 0.670. The third kappa shape index (κ3) is 1.65. The average molecular weight is 269 g/mol. The number of hydrogen-bond donors (Lipinski definition) is 0. The lowest BCUT2D eigenvalue weighted by atomic mass is 10.2. The Kier molecular flexibility index (Phi) is 2.56. The second-order valence-corrected chi connectivity index (χ2v) is 4.94. The zero-order valence-corrected chi connectivity index (χ0v) is 11.3. The van der Waals surface area contributed by atoms with Crippen molar-refractivity contribution in [2.45, 2.75) is 13.0 Å². The molecule has 4 rings (SSSR count). The van der Waals surface area contributed by atoms with Gasteiger partial charge in [-0.3, -0.25) is 4.68 Å². The molecule has 1 aliphatic rings. The highest BCUT2D eigenvalue weighted by Gasteiger charge is 2.20. The zero-order chi connectivity index (χ0) is 13.5. The molecule has 0 fully saturated rings. The van der Waals surface area contributed by atoms with E-state index in [0.717, 1.165) is 41.2 Å². The van der Waals surface area contributed by atoms with Gasteiger partial charge < -0.3 is 9.30 Å². The Morgan fingerprint density at radius 2 is 2.05 bits per heavy atom. The van der Waals surface area contributed by atoms with Crippen LogP contribution in [0.3, 0.4) is 0 Å². The van der Waals surface area contributed by atoms with Crippen LogP contribution in [0, 0.1) is 0 Å². The zero-order valence-electron chi connectivity index (χ0n) is 11.3. The third-order valence-electron chi connectivity index (χ3n) is 3.73. The summed E-state index contributed by atoms with van der Waals surface area (Å²) in [6.45, 7) is 2.19. The van der Waals surface area contributed by atoms with Gasteiger partial charge in [-0.1, -0.05) is 18.2 Å². The lowest BCUT2D eigenvalue weighted by molar-refractivity contribution is 0.140. The SMILES string of the molecule is Cn1nc(-c2nnc3n2CCOCC3)c2ccccc21. The first kappa shape index (κ1) is 11.6. The van der Waals surface area contributed by atoms with Gasteiger partial charge in [0.2, 0.25) is 0 Å². The number of nitrogens with zero attached hydrogens (tertiary/aromatic N) is 5. The number of benzene rings is 1. The Morgan fingerprint density at radius 3 is 3.00 bits per heavy atom. The largest absolute Gasteiger partial charge is 0.379 e. The summed E-state index contributed by atoms with van der Waals surface area (Å²) in [7, 11) is 1.95. The molecule has 6 heteroatoms. The van der Waals surface area contributed by atoms with Crippen molar-refractivity contribution in [1.29, 1.82) is 0 Å². The standard InChI is InChI=1S/C14H15N5O/c1-18-11-5-3-2-4-10(11)13(17-18)14-16-15-12-6-8-20-9-7-19(12)14/h2-5H,6-9H2,1H3. The van der Waals surface area contributed by atoms with Crippen LogP contribution in [0.25, 0.3) is 22.4 Å². The molecular formula is C14H15N5O. The predicted octanol–water partition coefficient (Wildman–Crippen LogP) is 1.40. The van der Waals surface area contributed by atoms with Crippen molar-refractivity contribution in [3.63, 3.8) is 0 Å². The average Bonchev–Trinajstić information content (AvgIpc) is 2.92. The minimum atomic E-state index is 0.697. The summed E-state index contributed by atoms with van der Waals surface area (Å²) >= 11 is 0. The molecule has 20 heavy (non-hydrogen) atoms. The van der Waals surface area contributed by atoms with Gasteiger partial charge in [0.15, 0.2) is 5.82 Å². The van der Waals surface area contributed by atoms with Gasteiger partial charge in [0.05, 0.1) is 18.7 Å².